The average Bonchev–Trinajstić information content (AvgIpc) is 3.16. The quantitative estimate of drug-likeness (QED) is 0.741. The zero-order valence-electron chi connectivity index (χ0n) is 13.8. The maximum atomic E-state index is 12.1. The van der Waals surface area contributed by atoms with E-state index in [1.807, 2.05) is 0 Å². The summed E-state index contributed by atoms with van der Waals surface area (Å²) in [4.78, 5) is 35.7. The Morgan fingerprint density at radius 1 is 1.12 bits per heavy atom. The summed E-state index contributed by atoms with van der Waals surface area (Å²) < 4.78 is 14.8. The first-order valence-electron chi connectivity index (χ1n) is 7.43. The van der Waals surface area contributed by atoms with Gasteiger partial charge in [-0.15, -0.1) is 0 Å². The number of hydrogen-bond donors (Lipinski definition) is 2. The van der Waals surface area contributed by atoms with E-state index in [9.17, 15) is 14.4 Å². The van der Waals surface area contributed by atoms with Crippen molar-refractivity contribution in [3.63, 3.8) is 0 Å². The highest BCUT2D eigenvalue weighted by Crippen LogP contribution is 2.29. The molecule has 1 aromatic heterocycles. The number of amides is 2. The fraction of sp³-hybridized carbons (Fsp3) is 0.235. The second kappa shape index (κ2) is 8.53. The van der Waals surface area contributed by atoms with E-state index in [2.05, 4.69) is 10.6 Å². The summed E-state index contributed by atoms with van der Waals surface area (Å²) in [6.45, 7) is 0.105. The monoisotopic (exact) mass is 346 g/mol. The molecular formula is C17H18N2O6. The van der Waals surface area contributed by atoms with Crippen LogP contribution in [0.5, 0.6) is 5.75 Å². The number of hydrogen-bond acceptors (Lipinski definition) is 6. The maximum absolute atomic E-state index is 12.1. The van der Waals surface area contributed by atoms with Gasteiger partial charge in [0.25, 0.3) is 5.91 Å². The van der Waals surface area contributed by atoms with Gasteiger partial charge < -0.3 is 24.5 Å². The van der Waals surface area contributed by atoms with Gasteiger partial charge in [-0.05, 0) is 24.3 Å². The van der Waals surface area contributed by atoms with Crippen molar-refractivity contribution in [1.82, 2.24) is 5.32 Å². The number of anilines is 1. The predicted molar refractivity (Wildman–Crippen MR) is 88.6 cm³/mol. The van der Waals surface area contributed by atoms with Crippen LogP contribution in [0.25, 0.3) is 0 Å². The minimum atomic E-state index is -0.597. The van der Waals surface area contributed by atoms with Crippen LogP contribution in [-0.4, -0.2) is 38.5 Å². The van der Waals surface area contributed by atoms with Gasteiger partial charge in [0.1, 0.15) is 5.75 Å². The third-order valence-corrected chi connectivity index (χ3v) is 3.30. The van der Waals surface area contributed by atoms with Gasteiger partial charge in [-0.25, -0.2) is 4.79 Å². The topological polar surface area (TPSA) is 107 Å². The Bertz CT molecular complexity index is 755. The Morgan fingerprint density at radius 2 is 1.92 bits per heavy atom. The molecule has 2 N–H and O–H groups in total. The zero-order valence-corrected chi connectivity index (χ0v) is 13.8. The van der Waals surface area contributed by atoms with E-state index in [4.69, 9.17) is 13.9 Å². The molecule has 0 fully saturated rings. The van der Waals surface area contributed by atoms with Crippen molar-refractivity contribution in [3.8, 4) is 5.75 Å². The number of ether oxygens (including phenoxy) is 2. The molecule has 1 heterocycles. The van der Waals surface area contributed by atoms with Gasteiger partial charge in [0.05, 0.1) is 31.7 Å². The van der Waals surface area contributed by atoms with Crippen LogP contribution >= 0.6 is 0 Å². The van der Waals surface area contributed by atoms with Gasteiger partial charge >= 0.3 is 5.97 Å². The molecule has 0 saturated heterocycles. The van der Waals surface area contributed by atoms with Crippen molar-refractivity contribution in [1.29, 1.82) is 0 Å². The number of carbonyl (C=O) groups excluding carboxylic acids is 3. The first-order chi connectivity index (χ1) is 12.1. The number of carbonyl (C=O) groups is 3. The first kappa shape index (κ1) is 18.1. The lowest BCUT2D eigenvalue weighted by atomic mass is 10.1. The molecule has 132 valence electrons. The molecule has 0 aliphatic heterocycles. The van der Waals surface area contributed by atoms with Crippen LogP contribution in [0.1, 0.15) is 27.3 Å². The van der Waals surface area contributed by atoms with Crippen LogP contribution in [0.4, 0.5) is 5.69 Å². The minimum absolute atomic E-state index is 0.00507. The standard InChI is InChI=1S/C17H18N2O6/c1-23-12-6-3-5-11(17(22)24-2)15(12)19-14(20)8-9-18-16(21)13-7-4-10-25-13/h3-7,10H,8-9H2,1-2H3,(H,18,21)(H,19,20). The van der Waals surface area contributed by atoms with Crippen LogP contribution in [0.15, 0.2) is 41.0 Å². The highest BCUT2D eigenvalue weighted by atomic mass is 16.5. The molecule has 0 unspecified atom stereocenters. The fourth-order valence-corrected chi connectivity index (χ4v) is 2.10. The number of nitrogens with one attached hydrogen (secondary N) is 2. The second-order valence-corrected chi connectivity index (χ2v) is 4.91. The van der Waals surface area contributed by atoms with Gasteiger partial charge in [0.15, 0.2) is 5.76 Å². The smallest absolute Gasteiger partial charge is 0.340 e. The summed E-state index contributed by atoms with van der Waals surface area (Å²) in [7, 11) is 2.67. The third kappa shape index (κ3) is 4.60. The van der Waals surface area contributed by atoms with E-state index < -0.39 is 17.8 Å². The summed E-state index contributed by atoms with van der Waals surface area (Å²) in [5.74, 6) is -0.908. The minimum Gasteiger partial charge on any atom is -0.495 e. The van der Waals surface area contributed by atoms with E-state index in [0.717, 1.165) is 0 Å². The lowest BCUT2D eigenvalue weighted by Crippen LogP contribution is -2.27. The molecule has 1 aromatic carbocycles. The summed E-state index contributed by atoms with van der Waals surface area (Å²) >= 11 is 0. The van der Waals surface area contributed by atoms with Crippen molar-refractivity contribution in [3.05, 3.63) is 47.9 Å². The zero-order chi connectivity index (χ0) is 18.2. The molecule has 0 spiro atoms. The van der Waals surface area contributed by atoms with E-state index in [0.29, 0.717) is 5.75 Å². The fourth-order valence-electron chi connectivity index (χ4n) is 2.10. The first-order valence-corrected chi connectivity index (χ1v) is 7.43. The van der Waals surface area contributed by atoms with Gasteiger partial charge in [-0.3, -0.25) is 9.59 Å². The number of methoxy groups -OCH3 is 2. The molecular weight excluding hydrogens is 328 g/mol. The maximum Gasteiger partial charge on any atom is 0.340 e. The van der Waals surface area contributed by atoms with E-state index in [-0.39, 0.29) is 30.0 Å². The molecule has 2 rings (SSSR count). The van der Waals surface area contributed by atoms with Crippen molar-refractivity contribution in [2.24, 2.45) is 0 Å². The van der Waals surface area contributed by atoms with E-state index >= 15 is 0 Å². The Balaban J connectivity index is 1.98. The van der Waals surface area contributed by atoms with Crippen molar-refractivity contribution >= 4 is 23.5 Å². The number of benzene rings is 1. The molecule has 2 amide bonds. The van der Waals surface area contributed by atoms with Crippen LogP contribution < -0.4 is 15.4 Å². The number of esters is 1. The van der Waals surface area contributed by atoms with Gasteiger partial charge in [-0.1, -0.05) is 6.07 Å². The summed E-state index contributed by atoms with van der Waals surface area (Å²) in [6.07, 6.45) is 1.39. The molecule has 0 aliphatic carbocycles. The van der Waals surface area contributed by atoms with Crippen molar-refractivity contribution in [2.75, 3.05) is 26.1 Å². The van der Waals surface area contributed by atoms with Crippen LogP contribution in [0, 0.1) is 0 Å². The molecule has 2 aromatic rings. The van der Waals surface area contributed by atoms with Gasteiger partial charge in [-0.2, -0.15) is 0 Å². The van der Waals surface area contributed by atoms with Gasteiger partial charge in [0, 0.05) is 13.0 Å². The number of furan rings is 1. The third-order valence-electron chi connectivity index (χ3n) is 3.30. The summed E-state index contributed by atoms with van der Waals surface area (Å²) in [6, 6.07) is 7.86. The molecule has 8 nitrogen and oxygen atoms in total. The summed E-state index contributed by atoms with van der Waals surface area (Å²) in [5.41, 5.74) is 0.397. The molecule has 25 heavy (non-hydrogen) atoms. The highest BCUT2D eigenvalue weighted by molar-refractivity contribution is 6.03. The van der Waals surface area contributed by atoms with Crippen molar-refractivity contribution in [2.45, 2.75) is 6.42 Å². The molecule has 0 saturated carbocycles. The van der Waals surface area contributed by atoms with E-state index in [1.165, 1.54) is 32.6 Å². The molecule has 8 heteroatoms. The normalized spacial score (nSPS) is 10.0. The second-order valence-electron chi connectivity index (χ2n) is 4.91. The Hall–Kier alpha value is -3.29. The number of para-hydroxylation sites is 1. The highest BCUT2D eigenvalue weighted by Gasteiger charge is 2.18. The SMILES string of the molecule is COC(=O)c1cccc(OC)c1NC(=O)CCNC(=O)c1ccco1. The van der Waals surface area contributed by atoms with Crippen LogP contribution in [0.2, 0.25) is 0 Å². The Kier molecular flexibility index (Phi) is 6.16. The van der Waals surface area contributed by atoms with Crippen LogP contribution in [0.3, 0.4) is 0 Å². The lowest BCUT2D eigenvalue weighted by molar-refractivity contribution is -0.116. The molecule has 0 atom stereocenters. The lowest BCUT2D eigenvalue weighted by Gasteiger charge is -2.13. The Labute approximate surface area is 144 Å². The Morgan fingerprint density at radius 3 is 2.56 bits per heavy atom. The van der Waals surface area contributed by atoms with Gasteiger partial charge in [0.2, 0.25) is 5.91 Å². The summed E-state index contributed by atoms with van der Waals surface area (Å²) in [5, 5.41) is 5.18. The number of rotatable bonds is 7. The molecule has 0 radical (unpaired) electrons. The predicted octanol–water partition coefficient (Wildman–Crippen LogP) is 1.83. The average molecular weight is 346 g/mol. The molecule has 0 aliphatic rings. The van der Waals surface area contributed by atoms with Crippen molar-refractivity contribution < 1.29 is 28.3 Å². The van der Waals surface area contributed by atoms with Crippen LogP contribution in [-0.2, 0) is 9.53 Å². The largest absolute Gasteiger partial charge is 0.495 e. The molecule has 0 bridgehead atoms. The van der Waals surface area contributed by atoms with E-state index in [1.54, 1.807) is 18.2 Å².